The largest absolute Gasteiger partial charge is 1.00 e. The summed E-state index contributed by atoms with van der Waals surface area (Å²) in [5.74, 6) is 0. The van der Waals surface area contributed by atoms with Gasteiger partial charge in [-0.05, 0) is 0 Å². The summed E-state index contributed by atoms with van der Waals surface area (Å²) in [4.78, 5) is 0. The summed E-state index contributed by atoms with van der Waals surface area (Å²) < 4.78 is 0.588. The fourth-order valence-electron chi connectivity index (χ4n) is 3.46. The minimum atomic E-state index is 0. The van der Waals surface area contributed by atoms with Crippen molar-refractivity contribution in [3.05, 3.63) is 76.9 Å². The third-order valence-corrected chi connectivity index (χ3v) is 5.92. The Kier molecular flexibility index (Phi) is 5.54. The number of rotatable bonds is 1. The first kappa shape index (κ1) is 17.7. The van der Waals surface area contributed by atoms with Gasteiger partial charge in [0, 0.05) is 0 Å². The number of halogens is 2. The summed E-state index contributed by atoms with van der Waals surface area (Å²) in [6, 6.07) is 15.7. The Labute approximate surface area is 159 Å². The Morgan fingerprint density at radius 3 is 2.32 bits per heavy atom. The molecule has 2 aliphatic carbocycles. The average Bonchev–Trinajstić information content (AvgIpc) is 3.03. The molecule has 0 saturated carbocycles. The van der Waals surface area contributed by atoms with E-state index in [0.29, 0.717) is 3.63 Å². The Morgan fingerprint density at radius 1 is 0.909 bits per heavy atom. The van der Waals surface area contributed by atoms with Crippen molar-refractivity contribution in [1.82, 2.24) is 0 Å². The molecule has 1 unspecified atom stereocenters. The summed E-state index contributed by atoms with van der Waals surface area (Å²) in [6.45, 7) is 2.23. The van der Waals surface area contributed by atoms with Gasteiger partial charge in [0.05, 0.1) is 0 Å². The van der Waals surface area contributed by atoms with Crippen molar-refractivity contribution in [3.63, 3.8) is 0 Å². The van der Waals surface area contributed by atoms with Gasteiger partial charge in [-0.3, -0.25) is 0 Å². The molecule has 4 rings (SSSR count). The van der Waals surface area contributed by atoms with Gasteiger partial charge >= 0.3 is 135 Å². The van der Waals surface area contributed by atoms with E-state index in [-0.39, 0.29) is 24.8 Å². The normalized spacial score (nSPS) is 17.7. The smallest absolute Gasteiger partial charge is 1.00 e. The fourth-order valence-corrected chi connectivity index (χ4v) is 4.84. The van der Waals surface area contributed by atoms with Gasteiger partial charge in [-0.15, -0.1) is 0 Å². The summed E-state index contributed by atoms with van der Waals surface area (Å²) >= 11 is 1.59. The Bertz CT molecular complexity index is 775. The van der Waals surface area contributed by atoms with Crippen LogP contribution in [0.5, 0.6) is 0 Å². The molecule has 0 radical (unpaired) electrons. The fraction of sp³-hybridized carbons (Fsp3) is 0.158. The molecule has 0 N–H and O–H groups in total. The van der Waals surface area contributed by atoms with Crippen LogP contribution < -0.4 is 24.8 Å². The van der Waals surface area contributed by atoms with Crippen molar-refractivity contribution in [3.8, 4) is 11.1 Å². The van der Waals surface area contributed by atoms with Crippen molar-refractivity contribution >= 4 is 5.57 Å². The molecule has 0 amide bonds. The van der Waals surface area contributed by atoms with Crippen LogP contribution in [0.3, 0.4) is 0 Å². The van der Waals surface area contributed by atoms with Crippen LogP contribution in [0.2, 0.25) is 0 Å². The van der Waals surface area contributed by atoms with Crippen LogP contribution in [0.1, 0.15) is 33.7 Å². The zero-order valence-corrected chi connectivity index (χ0v) is 16.2. The Balaban J connectivity index is 0.000000882. The van der Waals surface area contributed by atoms with Gasteiger partial charge in [0.15, 0.2) is 0 Å². The van der Waals surface area contributed by atoms with Crippen molar-refractivity contribution in [1.29, 1.82) is 0 Å². The van der Waals surface area contributed by atoms with Crippen molar-refractivity contribution in [2.24, 2.45) is 0 Å². The maximum absolute atomic E-state index is 2.31. The van der Waals surface area contributed by atoms with Gasteiger partial charge in [0.1, 0.15) is 0 Å². The van der Waals surface area contributed by atoms with E-state index in [4.69, 9.17) is 0 Å². The monoisotopic (exact) mass is 403 g/mol. The van der Waals surface area contributed by atoms with Crippen molar-refractivity contribution in [2.75, 3.05) is 0 Å². The summed E-state index contributed by atoms with van der Waals surface area (Å²) in [6.07, 6.45) is 5.63. The standard InChI is InChI=1S/C19H15.2ClH.Zr/c1-13-6-4-9-15(13)17-10-5-11-18-16-8-3-2-7-14(16)12-19(17)18;;;/h2-8,10-12H,9H2,1H3;2*1H;/q;;;+2/p-2. The summed E-state index contributed by atoms with van der Waals surface area (Å²) in [5, 5.41) is 0. The van der Waals surface area contributed by atoms with E-state index in [2.05, 4.69) is 61.5 Å². The number of hydrogen-bond acceptors (Lipinski definition) is 0. The van der Waals surface area contributed by atoms with E-state index >= 15 is 0 Å². The maximum Gasteiger partial charge on any atom is -1.00 e. The zero-order chi connectivity index (χ0) is 13.7. The van der Waals surface area contributed by atoms with E-state index in [0.717, 1.165) is 6.42 Å². The molecule has 0 aliphatic heterocycles. The van der Waals surface area contributed by atoms with Gasteiger partial charge in [-0.25, -0.2) is 0 Å². The molecule has 0 aromatic heterocycles. The van der Waals surface area contributed by atoms with E-state index < -0.39 is 0 Å². The molecule has 1 atom stereocenters. The molecule has 0 saturated heterocycles. The van der Waals surface area contributed by atoms with Crippen LogP contribution in [0, 0.1) is 0 Å². The van der Waals surface area contributed by atoms with Gasteiger partial charge in [0.2, 0.25) is 0 Å². The molecular weight excluding hydrogens is 390 g/mol. The second-order valence-electron chi connectivity index (χ2n) is 5.56. The quantitative estimate of drug-likeness (QED) is 0.574. The Morgan fingerprint density at radius 2 is 1.59 bits per heavy atom. The molecule has 0 spiro atoms. The number of allylic oxidation sites excluding steroid dienone is 4. The molecule has 2 aromatic rings. The summed E-state index contributed by atoms with van der Waals surface area (Å²) in [7, 11) is 0. The zero-order valence-electron chi connectivity index (χ0n) is 12.2. The van der Waals surface area contributed by atoms with Gasteiger partial charge in [-0.1, -0.05) is 0 Å². The van der Waals surface area contributed by atoms with Crippen molar-refractivity contribution < 1.29 is 49.5 Å². The molecule has 2 aromatic carbocycles. The molecule has 0 bridgehead atoms. The molecule has 2 aliphatic rings. The van der Waals surface area contributed by atoms with Crippen LogP contribution in [-0.2, 0) is 24.7 Å². The topological polar surface area (TPSA) is 0 Å². The minimum Gasteiger partial charge on any atom is -1.00 e. The van der Waals surface area contributed by atoms with E-state index in [1.807, 2.05) is 0 Å². The predicted octanol–water partition coefficient (Wildman–Crippen LogP) is -0.955. The van der Waals surface area contributed by atoms with Crippen LogP contribution in [-0.4, -0.2) is 0 Å². The molecule has 3 heteroatoms. The predicted molar refractivity (Wildman–Crippen MR) is 80.1 cm³/mol. The maximum atomic E-state index is 2.31. The summed E-state index contributed by atoms with van der Waals surface area (Å²) in [5.41, 5.74) is 10.4. The molecule has 0 heterocycles. The molecule has 0 fully saturated rings. The van der Waals surface area contributed by atoms with E-state index in [1.54, 1.807) is 30.3 Å². The molecular formula is C19H15Cl2Zr. The van der Waals surface area contributed by atoms with E-state index in [9.17, 15) is 0 Å². The van der Waals surface area contributed by atoms with Gasteiger partial charge < -0.3 is 24.8 Å². The number of hydrogen-bond donors (Lipinski definition) is 0. The minimum absolute atomic E-state index is 0. The van der Waals surface area contributed by atoms with E-state index in [1.165, 1.54) is 33.4 Å². The van der Waals surface area contributed by atoms with Crippen LogP contribution in [0.4, 0.5) is 0 Å². The third-order valence-electron chi connectivity index (χ3n) is 4.45. The second-order valence-corrected chi connectivity index (χ2v) is 6.97. The van der Waals surface area contributed by atoms with Gasteiger partial charge in [0.25, 0.3) is 0 Å². The average molecular weight is 405 g/mol. The molecule has 22 heavy (non-hydrogen) atoms. The first-order valence-electron chi connectivity index (χ1n) is 7.07. The SMILES string of the molecule is CC1=C(c2cccc3c2[CH]([Zr+2])c2ccccc2-3)CC=C1.[Cl-].[Cl-]. The first-order chi connectivity index (χ1) is 9.77. The van der Waals surface area contributed by atoms with Crippen LogP contribution in [0.25, 0.3) is 16.7 Å². The molecule has 0 nitrogen and oxygen atoms in total. The van der Waals surface area contributed by atoms with Crippen molar-refractivity contribution in [2.45, 2.75) is 17.0 Å². The van der Waals surface area contributed by atoms with Gasteiger partial charge in [-0.2, -0.15) is 0 Å². The Hall–Kier alpha value is -0.617. The third kappa shape index (κ3) is 2.58. The molecule has 109 valence electrons. The number of fused-ring (bicyclic) bond motifs is 3. The number of benzene rings is 2. The first-order valence-corrected chi connectivity index (χ1v) is 8.49. The van der Waals surface area contributed by atoms with Crippen LogP contribution >= 0.6 is 0 Å². The second kappa shape index (κ2) is 6.87. The van der Waals surface area contributed by atoms with Crippen LogP contribution in [0.15, 0.2) is 60.2 Å².